The Bertz CT molecular complexity index is 1220. The zero-order chi connectivity index (χ0) is 28.3. The summed E-state index contributed by atoms with van der Waals surface area (Å²) in [4.78, 5) is 28.5. The summed E-state index contributed by atoms with van der Waals surface area (Å²) < 4.78 is 37.3. The molecule has 1 fully saturated rings. The molecule has 0 spiro atoms. The highest BCUT2D eigenvalue weighted by atomic mass is 31.2. The number of nitrogens with two attached hydrogens (primary N) is 2. The minimum atomic E-state index is -4.22. The summed E-state index contributed by atoms with van der Waals surface area (Å²) in [5.41, 5.74) is 9.45. The number of nitrogens with one attached hydrogen (secondary N) is 1. The molecule has 2 heterocycles. The molecular formula is C24H36N5O8P. The molecule has 1 aliphatic heterocycles. The van der Waals surface area contributed by atoms with Crippen LogP contribution in [0.1, 0.15) is 40.8 Å². The fourth-order valence-corrected chi connectivity index (χ4v) is 5.12. The molecule has 1 saturated heterocycles. The molecule has 0 amide bonds. The van der Waals surface area contributed by atoms with Crippen molar-refractivity contribution in [3.63, 3.8) is 0 Å². The standard InChI is InChI=1S/C24H36N5O8P/c1-15(20(31)34-14-23(2,3)4)28-38(33,37-16-9-7-6-8-10-16)35-13-17-19(30)24(5,26)21(36-17)29-12-11-18(25)27-22(29)32/h6-12,15,17,19,21,30H,13-14,26H2,1-5H3,(H,28,33)(H2,25,27,32). The van der Waals surface area contributed by atoms with Gasteiger partial charge in [0.2, 0.25) is 0 Å². The van der Waals surface area contributed by atoms with Crippen molar-refractivity contribution in [3.8, 4) is 5.75 Å². The molecule has 14 heteroatoms. The fraction of sp³-hybridized carbons (Fsp3) is 0.542. The Balaban J connectivity index is 1.77. The fourth-order valence-electron chi connectivity index (χ4n) is 3.62. The van der Waals surface area contributed by atoms with Crippen molar-refractivity contribution < 1.29 is 33.0 Å². The number of aromatic nitrogens is 2. The predicted molar refractivity (Wildman–Crippen MR) is 139 cm³/mol. The van der Waals surface area contributed by atoms with E-state index in [-0.39, 0.29) is 23.6 Å². The highest BCUT2D eigenvalue weighted by molar-refractivity contribution is 7.52. The van der Waals surface area contributed by atoms with Crippen LogP contribution in [0.4, 0.5) is 5.82 Å². The lowest BCUT2D eigenvalue weighted by Crippen LogP contribution is -2.53. The van der Waals surface area contributed by atoms with E-state index >= 15 is 0 Å². The maximum Gasteiger partial charge on any atom is 0.459 e. The van der Waals surface area contributed by atoms with Crippen LogP contribution in [0, 0.1) is 5.41 Å². The third kappa shape index (κ3) is 7.40. The van der Waals surface area contributed by atoms with E-state index in [1.54, 1.807) is 30.3 Å². The van der Waals surface area contributed by atoms with Gasteiger partial charge in [0.05, 0.1) is 18.8 Å². The zero-order valence-electron chi connectivity index (χ0n) is 22.1. The Labute approximate surface area is 221 Å². The third-order valence-electron chi connectivity index (χ3n) is 5.66. The summed E-state index contributed by atoms with van der Waals surface area (Å²) in [6, 6.07) is 8.55. The summed E-state index contributed by atoms with van der Waals surface area (Å²) in [5, 5.41) is 13.5. The number of nitrogen functional groups attached to an aromatic ring is 1. The molecule has 1 aromatic heterocycles. The van der Waals surface area contributed by atoms with Crippen LogP contribution in [0.3, 0.4) is 0 Å². The van der Waals surface area contributed by atoms with E-state index < -0.39 is 56.0 Å². The maximum absolute atomic E-state index is 13.8. The number of aliphatic hydroxyl groups is 1. The van der Waals surface area contributed by atoms with Crippen molar-refractivity contribution in [2.24, 2.45) is 11.1 Å². The zero-order valence-corrected chi connectivity index (χ0v) is 23.0. The van der Waals surface area contributed by atoms with Crippen LogP contribution in [0.15, 0.2) is 47.4 Å². The number of para-hydroxylation sites is 1. The van der Waals surface area contributed by atoms with Crippen LogP contribution in [0.5, 0.6) is 5.75 Å². The first-order valence-electron chi connectivity index (χ1n) is 12.0. The number of carbonyl (C=O) groups excluding carboxylic acids is 1. The SMILES string of the molecule is CC(NP(=O)(OCC1OC(n2ccc(N)nc2=O)C(C)(N)C1O)Oc1ccccc1)C(=O)OCC(C)(C)C. The molecular weight excluding hydrogens is 517 g/mol. The molecule has 13 nitrogen and oxygen atoms in total. The van der Waals surface area contributed by atoms with E-state index in [1.807, 2.05) is 20.8 Å². The predicted octanol–water partition coefficient (Wildman–Crippen LogP) is 1.57. The van der Waals surface area contributed by atoms with Crippen LogP contribution >= 0.6 is 7.75 Å². The molecule has 1 aromatic carbocycles. The van der Waals surface area contributed by atoms with Gasteiger partial charge in [0.25, 0.3) is 0 Å². The van der Waals surface area contributed by atoms with E-state index in [1.165, 1.54) is 26.1 Å². The molecule has 0 radical (unpaired) electrons. The second kappa shape index (κ2) is 11.5. The lowest BCUT2D eigenvalue weighted by atomic mass is 9.93. The van der Waals surface area contributed by atoms with Crippen molar-refractivity contribution in [2.45, 2.75) is 64.6 Å². The third-order valence-corrected chi connectivity index (χ3v) is 7.30. The van der Waals surface area contributed by atoms with Gasteiger partial charge in [-0.3, -0.25) is 13.9 Å². The highest BCUT2D eigenvalue weighted by Gasteiger charge is 2.52. The summed E-state index contributed by atoms with van der Waals surface area (Å²) in [5.74, 6) is -0.418. The van der Waals surface area contributed by atoms with E-state index in [0.717, 1.165) is 4.57 Å². The largest absolute Gasteiger partial charge is 0.464 e. The van der Waals surface area contributed by atoms with Crippen LogP contribution in [0.25, 0.3) is 0 Å². The monoisotopic (exact) mass is 553 g/mol. The van der Waals surface area contributed by atoms with Crippen LogP contribution in [-0.2, 0) is 23.4 Å². The van der Waals surface area contributed by atoms with Gasteiger partial charge in [0.15, 0.2) is 6.23 Å². The Morgan fingerprint density at radius 2 is 1.97 bits per heavy atom. The van der Waals surface area contributed by atoms with Gasteiger partial charge in [-0.15, -0.1) is 0 Å². The normalized spacial score (nSPS) is 25.9. The smallest absolute Gasteiger partial charge is 0.459 e. The molecule has 1 aliphatic rings. The number of carbonyl (C=O) groups is 1. The Hall–Kier alpha value is -2.80. The minimum Gasteiger partial charge on any atom is -0.464 e. The first kappa shape index (κ1) is 29.8. The van der Waals surface area contributed by atoms with Gasteiger partial charge in [0, 0.05) is 6.20 Å². The van der Waals surface area contributed by atoms with Crippen molar-refractivity contribution in [2.75, 3.05) is 18.9 Å². The lowest BCUT2D eigenvalue weighted by Gasteiger charge is -2.28. The molecule has 2 aromatic rings. The summed E-state index contributed by atoms with van der Waals surface area (Å²) in [7, 11) is -4.22. The van der Waals surface area contributed by atoms with Gasteiger partial charge < -0.3 is 30.6 Å². The van der Waals surface area contributed by atoms with Gasteiger partial charge >= 0.3 is 19.4 Å². The number of rotatable bonds is 10. The van der Waals surface area contributed by atoms with Gasteiger partial charge in [-0.1, -0.05) is 39.0 Å². The molecule has 0 saturated carbocycles. The Morgan fingerprint density at radius 3 is 2.58 bits per heavy atom. The van der Waals surface area contributed by atoms with Crippen molar-refractivity contribution in [1.82, 2.24) is 14.6 Å². The topological polar surface area (TPSA) is 190 Å². The van der Waals surface area contributed by atoms with E-state index in [2.05, 4.69) is 10.1 Å². The molecule has 0 aliphatic carbocycles. The number of nitrogens with zero attached hydrogens (tertiary/aromatic N) is 2. The average molecular weight is 554 g/mol. The second-order valence-corrected chi connectivity index (χ2v) is 12.3. The summed E-state index contributed by atoms with van der Waals surface area (Å²) >= 11 is 0. The number of ether oxygens (including phenoxy) is 2. The molecule has 6 N–H and O–H groups in total. The highest BCUT2D eigenvalue weighted by Crippen LogP contribution is 2.46. The number of aliphatic hydroxyl groups excluding tert-OH is 1. The molecule has 0 bridgehead atoms. The maximum atomic E-state index is 13.8. The Morgan fingerprint density at radius 1 is 1.32 bits per heavy atom. The number of hydrogen-bond acceptors (Lipinski definition) is 11. The van der Waals surface area contributed by atoms with E-state index in [0.29, 0.717) is 0 Å². The minimum absolute atomic E-state index is 0.0172. The number of esters is 1. The van der Waals surface area contributed by atoms with E-state index in [9.17, 15) is 19.3 Å². The van der Waals surface area contributed by atoms with Crippen molar-refractivity contribution in [1.29, 1.82) is 0 Å². The Kier molecular flexibility index (Phi) is 9.02. The van der Waals surface area contributed by atoms with Gasteiger partial charge in [-0.2, -0.15) is 10.1 Å². The second-order valence-electron chi connectivity index (χ2n) is 10.6. The molecule has 6 atom stereocenters. The van der Waals surface area contributed by atoms with Gasteiger partial charge in [-0.05, 0) is 37.5 Å². The van der Waals surface area contributed by atoms with Crippen molar-refractivity contribution in [3.05, 3.63) is 53.1 Å². The summed E-state index contributed by atoms with van der Waals surface area (Å²) in [6.07, 6.45) is -2.22. The summed E-state index contributed by atoms with van der Waals surface area (Å²) in [6.45, 7) is 8.38. The van der Waals surface area contributed by atoms with Crippen LogP contribution < -0.4 is 26.8 Å². The first-order valence-corrected chi connectivity index (χ1v) is 13.6. The number of benzene rings is 1. The molecule has 6 unspecified atom stereocenters. The van der Waals surface area contributed by atoms with Crippen molar-refractivity contribution >= 4 is 19.5 Å². The lowest BCUT2D eigenvalue weighted by molar-refractivity contribution is -0.148. The first-order chi connectivity index (χ1) is 17.6. The molecule has 3 rings (SSSR count). The van der Waals surface area contributed by atoms with Gasteiger partial charge in [-0.25, -0.2) is 9.36 Å². The average Bonchev–Trinajstić information content (AvgIpc) is 3.04. The number of hydrogen-bond donors (Lipinski definition) is 4. The van der Waals surface area contributed by atoms with Gasteiger partial charge in [0.1, 0.15) is 29.8 Å². The van der Waals surface area contributed by atoms with Crippen LogP contribution in [-0.4, -0.2) is 57.6 Å². The molecule has 38 heavy (non-hydrogen) atoms. The number of anilines is 1. The molecule has 210 valence electrons. The van der Waals surface area contributed by atoms with E-state index in [4.69, 9.17) is 30.0 Å². The quantitative estimate of drug-likeness (QED) is 0.246. The van der Waals surface area contributed by atoms with Crippen LogP contribution in [0.2, 0.25) is 0 Å².